The molecule has 0 unspecified atom stereocenters. The number of aromatic nitrogens is 2. The molecule has 2 aromatic rings. The average Bonchev–Trinajstić information content (AvgIpc) is 3.16. The second-order valence-corrected chi connectivity index (χ2v) is 5.95. The number of carbonyl (C=O) groups excluding carboxylic acids is 1. The number of hydrogen-bond donors (Lipinski definition) is 1. The normalized spacial score (nSPS) is 16.4. The summed E-state index contributed by atoms with van der Waals surface area (Å²) in [5.74, 6) is 0. The van der Waals surface area contributed by atoms with E-state index in [-0.39, 0.29) is 12.1 Å². The van der Waals surface area contributed by atoms with Crippen molar-refractivity contribution in [2.45, 2.75) is 12.6 Å². The lowest BCUT2D eigenvalue weighted by Crippen LogP contribution is -2.46. The summed E-state index contributed by atoms with van der Waals surface area (Å²) in [6, 6.07) is 7.46. The summed E-state index contributed by atoms with van der Waals surface area (Å²) in [6.45, 7) is 3.93. The molecule has 0 saturated carbocycles. The Morgan fingerprint density at radius 2 is 2.20 bits per heavy atom. The Morgan fingerprint density at radius 1 is 1.36 bits per heavy atom. The van der Waals surface area contributed by atoms with Crippen LogP contribution in [-0.4, -0.2) is 65.9 Å². The number of nitrogens with zero attached hydrogens (tertiary/aromatic N) is 4. The fraction of sp³-hybridized carbons (Fsp3) is 0.471. The molecule has 134 valence electrons. The van der Waals surface area contributed by atoms with Gasteiger partial charge in [-0.1, -0.05) is 11.2 Å². The minimum atomic E-state index is -0.155. The maximum atomic E-state index is 12.4. The van der Waals surface area contributed by atoms with Gasteiger partial charge in [-0.25, -0.2) is 4.79 Å². The van der Waals surface area contributed by atoms with Crippen molar-refractivity contribution in [3.05, 3.63) is 48.1 Å². The molecule has 1 N–H and O–H groups in total. The van der Waals surface area contributed by atoms with E-state index in [0.29, 0.717) is 32.0 Å². The number of pyridine rings is 1. The molecule has 0 bridgehead atoms. The first kappa shape index (κ1) is 17.4. The highest BCUT2D eigenvalue weighted by molar-refractivity contribution is 5.73. The van der Waals surface area contributed by atoms with Crippen molar-refractivity contribution >= 4 is 6.03 Å². The number of urea groups is 1. The van der Waals surface area contributed by atoms with Gasteiger partial charge < -0.3 is 19.5 Å². The van der Waals surface area contributed by atoms with Crippen molar-refractivity contribution < 1.29 is 14.1 Å². The van der Waals surface area contributed by atoms with Crippen LogP contribution in [-0.2, 0) is 11.3 Å². The summed E-state index contributed by atoms with van der Waals surface area (Å²) in [5, 5.41) is 6.82. The summed E-state index contributed by atoms with van der Waals surface area (Å²) in [4.78, 5) is 20.7. The van der Waals surface area contributed by atoms with Gasteiger partial charge in [-0.3, -0.25) is 9.88 Å². The van der Waals surface area contributed by atoms with Gasteiger partial charge in [0, 0.05) is 38.9 Å². The minimum absolute atomic E-state index is 0.0227. The molecule has 0 aromatic carbocycles. The van der Waals surface area contributed by atoms with Gasteiger partial charge >= 0.3 is 6.03 Å². The first-order chi connectivity index (χ1) is 12.2. The SMILES string of the molecule is CN(Cc1ccon1)C(=O)NC[C@@H](c1ccccn1)N1CCOCC1. The number of amides is 2. The van der Waals surface area contributed by atoms with Gasteiger partial charge in [0.1, 0.15) is 12.0 Å². The zero-order valence-electron chi connectivity index (χ0n) is 14.3. The lowest BCUT2D eigenvalue weighted by atomic mass is 10.1. The van der Waals surface area contributed by atoms with Crippen molar-refractivity contribution in [3.8, 4) is 0 Å². The average molecular weight is 345 g/mol. The van der Waals surface area contributed by atoms with Gasteiger partial charge in [-0.2, -0.15) is 0 Å². The van der Waals surface area contributed by atoms with Crippen LogP contribution < -0.4 is 5.32 Å². The van der Waals surface area contributed by atoms with Crippen LogP contribution in [0.5, 0.6) is 0 Å². The molecule has 1 aliphatic rings. The fourth-order valence-electron chi connectivity index (χ4n) is 2.84. The van der Waals surface area contributed by atoms with Crippen LogP contribution in [0, 0.1) is 0 Å². The van der Waals surface area contributed by atoms with Crippen molar-refractivity contribution in [1.82, 2.24) is 25.3 Å². The molecule has 3 heterocycles. The Hall–Kier alpha value is -2.45. The van der Waals surface area contributed by atoms with Gasteiger partial charge in [-0.15, -0.1) is 0 Å². The van der Waals surface area contributed by atoms with E-state index < -0.39 is 0 Å². The second kappa shape index (κ2) is 8.59. The van der Waals surface area contributed by atoms with Gasteiger partial charge in [0.15, 0.2) is 0 Å². The van der Waals surface area contributed by atoms with Gasteiger partial charge in [0.25, 0.3) is 0 Å². The van der Waals surface area contributed by atoms with Crippen molar-refractivity contribution in [2.75, 3.05) is 39.9 Å². The highest BCUT2D eigenvalue weighted by atomic mass is 16.5. The Kier molecular flexibility index (Phi) is 5.97. The van der Waals surface area contributed by atoms with E-state index in [1.807, 2.05) is 18.2 Å². The molecular formula is C17H23N5O3. The first-order valence-corrected chi connectivity index (χ1v) is 8.35. The van der Waals surface area contributed by atoms with Crippen LogP contribution in [0.4, 0.5) is 4.79 Å². The third-order valence-corrected chi connectivity index (χ3v) is 4.20. The highest BCUT2D eigenvalue weighted by Gasteiger charge is 2.24. The molecule has 0 aliphatic carbocycles. The Labute approximate surface area is 146 Å². The van der Waals surface area contributed by atoms with E-state index in [1.165, 1.54) is 6.26 Å². The molecule has 0 spiro atoms. The molecule has 1 saturated heterocycles. The molecule has 1 fully saturated rings. The Morgan fingerprint density at radius 3 is 2.88 bits per heavy atom. The first-order valence-electron chi connectivity index (χ1n) is 8.35. The van der Waals surface area contributed by atoms with E-state index in [4.69, 9.17) is 9.26 Å². The van der Waals surface area contributed by atoms with Gasteiger partial charge in [0.05, 0.1) is 31.5 Å². The maximum absolute atomic E-state index is 12.4. The minimum Gasteiger partial charge on any atom is -0.379 e. The van der Waals surface area contributed by atoms with Crippen LogP contribution in [0.3, 0.4) is 0 Å². The second-order valence-electron chi connectivity index (χ2n) is 5.95. The number of carbonyl (C=O) groups is 1. The van der Waals surface area contributed by atoms with E-state index >= 15 is 0 Å². The molecule has 8 nitrogen and oxygen atoms in total. The predicted octanol–water partition coefficient (Wildman–Crippen LogP) is 1.28. The molecule has 2 amide bonds. The summed E-state index contributed by atoms with van der Waals surface area (Å²) >= 11 is 0. The molecule has 0 radical (unpaired) electrons. The summed E-state index contributed by atoms with van der Waals surface area (Å²) < 4.78 is 10.2. The molecule has 2 aromatic heterocycles. The monoisotopic (exact) mass is 345 g/mol. The largest absolute Gasteiger partial charge is 0.379 e. The van der Waals surface area contributed by atoms with Crippen LogP contribution in [0.15, 0.2) is 41.2 Å². The predicted molar refractivity (Wildman–Crippen MR) is 90.7 cm³/mol. The number of morpholine rings is 1. The maximum Gasteiger partial charge on any atom is 0.317 e. The fourth-order valence-corrected chi connectivity index (χ4v) is 2.84. The summed E-state index contributed by atoms with van der Waals surface area (Å²) in [5.41, 5.74) is 1.66. The Bertz CT molecular complexity index is 644. The van der Waals surface area contributed by atoms with Crippen molar-refractivity contribution in [2.24, 2.45) is 0 Å². The van der Waals surface area contributed by atoms with Crippen LogP contribution in [0.2, 0.25) is 0 Å². The lowest BCUT2D eigenvalue weighted by molar-refractivity contribution is 0.0156. The standard InChI is InChI=1S/C17H23N5O3/c1-21(13-14-5-9-25-20-14)17(23)19-12-16(15-4-2-3-6-18-15)22-7-10-24-11-8-22/h2-6,9,16H,7-8,10-13H2,1H3,(H,19,23)/t16-/m0/s1. The molecule has 8 heteroatoms. The molecule has 1 atom stereocenters. The van der Waals surface area contributed by atoms with Crippen molar-refractivity contribution in [1.29, 1.82) is 0 Å². The van der Waals surface area contributed by atoms with E-state index in [2.05, 4.69) is 20.4 Å². The smallest absolute Gasteiger partial charge is 0.317 e. The number of nitrogens with one attached hydrogen (secondary N) is 1. The molecular weight excluding hydrogens is 322 g/mol. The van der Waals surface area contributed by atoms with Gasteiger partial charge in [0.2, 0.25) is 0 Å². The zero-order chi connectivity index (χ0) is 17.5. The third-order valence-electron chi connectivity index (χ3n) is 4.20. The van der Waals surface area contributed by atoms with Gasteiger partial charge in [-0.05, 0) is 12.1 Å². The number of ether oxygens (including phenoxy) is 1. The van der Waals surface area contributed by atoms with Crippen LogP contribution >= 0.6 is 0 Å². The number of hydrogen-bond acceptors (Lipinski definition) is 6. The summed E-state index contributed by atoms with van der Waals surface area (Å²) in [7, 11) is 1.73. The van der Waals surface area contributed by atoms with E-state index in [1.54, 1.807) is 24.2 Å². The third kappa shape index (κ3) is 4.77. The zero-order valence-corrected chi connectivity index (χ0v) is 14.3. The lowest BCUT2D eigenvalue weighted by Gasteiger charge is -2.34. The molecule has 1 aliphatic heterocycles. The van der Waals surface area contributed by atoms with Crippen LogP contribution in [0.1, 0.15) is 17.4 Å². The topological polar surface area (TPSA) is 83.7 Å². The van der Waals surface area contributed by atoms with E-state index in [0.717, 1.165) is 18.8 Å². The molecule has 25 heavy (non-hydrogen) atoms. The van der Waals surface area contributed by atoms with Crippen LogP contribution in [0.25, 0.3) is 0 Å². The highest BCUT2D eigenvalue weighted by Crippen LogP contribution is 2.19. The Balaban J connectivity index is 1.60. The number of rotatable bonds is 6. The summed E-state index contributed by atoms with van der Waals surface area (Å²) in [6.07, 6.45) is 3.28. The molecule has 3 rings (SSSR count). The quantitative estimate of drug-likeness (QED) is 0.849. The van der Waals surface area contributed by atoms with Crippen molar-refractivity contribution in [3.63, 3.8) is 0 Å². The van der Waals surface area contributed by atoms with E-state index in [9.17, 15) is 4.79 Å².